The number of likely N-dealkylation sites (tertiary alicyclic amines) is 2. The van der Waals surface area contributed by atoms with Gasteiger partial charge in [-0.15, -0.1) is 0 Å². The van der Waals surface area contributed by atoms with Crippen molar-refractivity contribution in [3.63, 3.8) is 0 Å². The minimum Gasteiger partial charge on any atom is -0.343 e. The van der Waals surface area contributed by atoms with Gasteiger partial charge in [0.1, 0.15) is 0 Å². The second-order valence-corrected chi connectivity index (χ2v) is 6.09. The van der Waals surface area contributed by atoms with Gasteiger partial charge in [0, 0.05) is 39.0 Å². The van der Waals surface area contributed by atoms with Crippen LogP contribution in [0.2, 0.25) is 0 Å². The lowest BCUT2D eigenvalue weighted by Gasteiger charge is -2.15. The van der Waals surface area contributed by atoms with E-state index in [4.69, 9.17) is 0 Å². The first-order valence-electron chi connectivity index (χ1n) is 8.33. The summed E-state index contributed by atoms with van der Waals surface area (Å²) in [6, 6.07) is 0. The fraction of sp³-hybridized carbons (Fsp3) is 0.875. The van der Waals surface area contributed by atoms with Gasteiger partial charge in [-0.25, -0.2) is 0 Å². The molecule has 0 aromatic heterocycles. The van der Waals surface area contributed by atoms with Crippen LogP contribution in [0.4, 0.5) is 0 Å². The molecule has 0 spiro atoms. The molecule has 2 heterocycles. The highest BCUT2D eigenvalue weighted by Gasteiger charge is 2.19. The Kier molecular flexibility index (Phi) is 6.34. The summed E-state index contributed by atoms with van der Waals surface area (Å²) >= 11 is 0. The average Bonchev–Trinajstić information content (AvgIpc) is 3.02. The zero-order valence-corrected chi connectivity index (χ0v) is 12.6. The summed E-state index contributed by atoms with van der Waals surface area (Å²) in [7, 11) is 0. The molecule has 4 heteroatoms. The summed E-state index contributed by atoms with van der Waals surface area (Å²) in [6.45, 7) is 3.87. The van der Waals surface area contributed by atoms with Gasteiger partial charge in [-0.1, -0.05) is 25.7 Å². The van der Waals surface area contributed by atoms with Gasteiger partial charge in [-0.05, 0) is 25.7 Å². The molecule has 0 aromatic carbocycles. The topological polar surface area (TPSA) is 40.6 Å². The van der Waals surface area contributed by atoms with Crippen LogP contribution in [-0.2, 0) is 9.59 Å². The summed E-state index contributed by atoms with van der Waals surface area (Å²) in [5.74, 6) is 0.695. The van der Waals surface area contributed by atoms with Crippen molar-refractivity contribution in [1.82, 2.24) is 9.80 Å². The Morgan fingerprint density at radius 3 is 1.40 bits per heavy atom. The second kappa shape index (κ2) is 8.28. The molecule has 2 fully saturated rings. The largest absolute Gasteiger partial charge is 0.343 e. The van der Waals surface area contributed by atoms with E-state index in [-0.39, 0.29) is 0 Å². The number of amides is 2. The highest BCUT2D eigenvalue weighted by atomic mass is 16.2. The number of carbonyl (C=O) groups excluding carboxylic acids is 2. The van der Waals surface area contributed by atoms with Gasteiger partial charge in [-0.3, -0.25) is 9.59 Å². The van der Waals surface area contributed by atoms with Crippen LogP contribution in [-0.4, -0.2) is 47.8 Å². The lowest BCUT2D eigenvalue weighted by molar-refractivity contribution is -0.128. The number of unbranched alkanes of at least 4 members (excludes halogenated alkanes) is 5. The predicted octanol–water partition coefficient (Wildman–Crippen LogP) is 2.57. The SMILES string of the molecule is O=C1CCCN1CCCCCCCCN1CCCC1=O. The van der Waals surface area contributed by atoms with Crippen LogP contribution in [0.25, 0.3) is 0 Å². The van der Waals surface area contributed by atoms with Crippen molar-refractivity contribution in [1.29, 1.82) is 0 Å². The molecule has 114 valence electrons. The molecule has 20 heavy (non-hydrogen) atoms. The molecule has 0 saturated carbocycles. The number of rotatable bonds is 9. The molecule has 2 aliphatic rings. The van der Waals surface area contributed by atoms with Gasteiger partial charge >= 0.3 is 0 Å². The zero-order valence-electron chi connectivity index (χ0n) is 12.6. The molecule has 2 rings (SSSR count). The molecule has 2 amide bonds. The molecule has 0 atom stereocenters. The molecule has 0 unspecified atom stereocenters. The van der Waals surface area contributed by atoms with Gasteiger partial charge in [0.15, 0.2) is 0 Å². The number of hydrogen-bond donors (Lipinski definition) is 0. The molecule has 0 aromatic rings. The number of hydrogen-bond acceptors (Lipinski definition) is 2. The third-order valence-corrected chi connectivity index (χ3v) is 4.45. The highest BCUT2D eigenvalue weighted by Crippen LogP contribution is 2.14. The van der Waals surface area contributed by atoms with Gasteiger partial charge in [-0.2, -0.15) is 0 Å². The maximum atomic E-state index is 11.4. The summed E-state index contributed by atoms with van der Waals surface area (Å²) in [5.41, 5.74) is 0. The van der Waals surface area contributed by atoms with E-state index in [1.165, 1.54) is 25.7 Å². The van der Waals surface area contributed by atoms with Crippen LogP contribution >= 0.6 is 0 Å². The van der Waals surface area contributed by atoms with Crippen molar-refractivity contribution in [2.24, 2.45) is 0 Å². The summed E-state index contributed by atoms with van der Waals surface area (Å²) in [5, 5.41) is 0. The van der Waals surface area contributed by atoms with Crippen LogP contribution in [0, 0.1) is 0 Å². The van der Waals surface area contributed by atoms with Gasteiger partial charge < -0.3 is 9.80 Å². The predicted molar refractivity (Wildman–Crippen MR) is 79.3 cm³/mol. The molecule has 0 aliphatic carbocycles. The van der Waals surface area contributed by atoms with Crippen molar-refractivity contribution < 1.29 is 9.59 Å². The van der Waals surface area contributed by atoms with Crippen molar-refractivity contribution in [2.45, 2.75) is 64.2 Å². The lowest BCUT2D eigenvalue weighted by Crippen LogP contribution is -2.25. The molecule has 0 bridgehead atoms. The Labute approximate surface area is 122 Å². The first kappa shape index (κ1) is 15.3. The quantitative estimate of drug-likeness (QED) is 0.609. The van der Waals surface area contributed by atoms with Crippen LogP contribution in [0.1, 0.15) is 64.2 Å². The van der Waals surface area contributed by atoms with Gasteiger partial charge in [0.05, 0.1) is 0 Å². The van der Waals surface area contributed by atoms with E-state index in [0.29, 0.717) is 11.8 Å². The molecule has 0 radical (unpaired) electrons. The maximum Gasteiger partial charge on any atom is 0.222 e. The van der Waals surface area contributed by atoms with Crippen molar-refractivity contribution in [3.8, 4) is 0 Å². The molecular weight excluding hydrogens is 252 g/mol. The van der Waals surface area contributed by atoms with Crippen LogP contribution in [0.3, 0.4) is 0 Å². The lowest BCUT2D eigenvalue weighted by atomic mass is 10.1. The average molecular weight is 280 g/mol. The van der Waals surface area contributed by atoms with Crippen molar-refractivity contribution in [3.05, 3.63) is 0 Å². The Bertz CT molecular complexity index is 298. The van der Waals surface area contributed by atoms with Crippen LogP contribution < -0.4 is 0 Å². The smallest absolute Gasteiger partial charge is 0.222 e. The van der Waals surface area contributed by atoms with E-state index in [2.05, 4.69) is 0 Å². The molecular formula is C16H28N2O2. The Morgan fingerprint density at radius 1 is 0.650 bits per heavy atom. The van der Waals surface area contributed by atoms with E-state index < -0.39 is 0 Å². The fourth-order valence-corrected chi connectivity index (χ4v) is 3.19. The minimum absolute atomic E-state index is 0.347. The van der Waals surface area contributed by atoms with Crippen LogP contribution in [0.5, 0.6) is 0 Å². The third-order valence-electron chi connectivity index (χ3n) is 4.45. The first-order valence-corrected chi connectivity index (χ1v) is 8.33. The standard InChI is InChI=1S/C16H28N2O2/c19-15-9-7-13-17(15)11-5-3-1-2-4-6-12-18-14-8-10-16(18)20/h1-14H2. The Morgan fingerprint density at radius 2 is 1.05 bits per heavy atom. The maximum absolute atomic E-state index is 11.4. The monoisotopic (exact) mass is 280 g/mol. The van der Waals surface area contributed by atoms with Gasteiger partial charge in [0.25, 0.3) is 0 Å². The van der Waals surface area contributed by atoms with E-state index in [0.717, 1.165) is 64.7 Å². The van der Waals surface area contributed by atoms with Crippen LogP contribution in [0.15, 0.2) is 0 Å². The van der Waals surface area contributed by atoms with E-state index in [1.54, 1.807) is 0 Å². The third kappa shape index (κ3) is 4.80. The normalized spacial score (nSPS) is 19.4. The summed E-state index contributed by atoms with van der Waals surface area (Å²) in [4.78, 5) is 26.9. The minimum atomic E-state index is 0.347. The Hall–Kier alpha value is -1.06. The molecule has 2 saturated heterocycles. The fourth-order valence-electron chi connectivity index (χ4n) is 3.19. The first-order chi connectivity index (χ1) is 9.77. The van der Waals surface area contributed by atoms with Crippen molar-refractivity contribution >= 4 is 11.8 Å². The zero-order chi connectivity index (χ0) is 14.2. The molecule has 2 aliphatic heterocycles. The Balaban J connectivity index is 1.38. The highest BCUT2D eigenvalue weighted by molar-refractivity contribution is 5.78. The number of carbonyl (C=O) groups is 2. The van der Waals surface area contributed by atoms with E-state index in [1.807, 2.05) is 9.80 Å². The van der Waals surface area contributed by atoms with E-state index in [9.17, 15) is 9.59 Å². The number of nitrogens with zero attached hydrogens (tertiary/aromatic N) is 2. The van der Waals surface area contributed by atoms with Gasteiger partial charge in [0.2, 0.25) is 11.8 Å². The van der Waals surface area contributed by atoms with E-state index >= 15 is 0 Å². The van der Waals surface area contributed by atoms with Crippen molar-refractivity contribution in [2.75, 3.05) is 26.2 Å². The molecule has 0 N–H and O–H groups in total. The summed E-state index contributed by atoms with van der Waals surface area (Å²) in [6.07, 6.45) is 10.9. The second-order valence-electron chi connectivity index (χ2n) is 6.09. The molecule has 4 nitrogen and oxygen atoms in total. The summed E-state index contributed by atoms with van der Waals surface area (Å²) < 4.78 is 0.